The Kier molecular flexibility index (Phi) is 2.34. The topological polar surface area (TPSA) is 95.1 Å². The van der Waals surface area contributed by atoms with Crippen molar-refractivity contribution >= 4 is 17.6 Å². The van der Waals surface area contributed by atoms with Gasteiger partial charge in [0.05, 0.1) is 17.8 Å². The Hall–Kier alpha value is -2.70. The lowest BCUT2D eigenvalue weighted by molar-refractivity contribution is -0.115. The molecule has 1 aliphatic rings. The number of rotatable bonds is 2. The Morgan fingerprint density at radius 2 is 2.16 bits per heavy atom. The van der Waals surface area contributed by atoms with Crippen molar-refractivity contribution in [2.45, 2.75) is 6.42 Å². The number of amides is 1. The van der Waals surface area contributed by atoms with Gasteiger partial charge < -0.3 is 10.4 Å². The van der Waals surface area contributed by atoms with Crippen molar-refractivity contribution in [3.8, 4) is 11.3 Å². The first-order valence-electron chi connectivity index (χ1n) is 5.46. The van der Waals surface area contributed by atoms with Crippen LogP contribution in [0.3, 0.4) is 0 Å². The average molecular weight is 261 g/mol. The lowest BCUT2D eigenvalue weighted by Crippen LogP contribution is -2.04. The maximum atomic E-state index is 13.5. The molecule has 7 heteroatoms. The number of carbonyl (C=O) groups excluding carboxylic acids is 1. The second kappa shape index (κ2) is 3.91. The molecule has 0 unspecified atom stereocenters. The minimum Gasteiger partial charge on any atom is -0.477 e. The molecule has 0 bridgehead atoms. The molecule has 3 N–H and O–H groups in total. The van der Waals surface area contributed by atoms with E-state index < -0.39 is 11.8 Å². The quantitative estimate of drug-likeness (QED) is 0.761. The largest absolute Gasteiger partial charge is 0.477 e. The number of fused-ring (bicyclic) bond motifs is 1. The van der Waals surface area contributed by atoms with E-state index in [1.165, 1.54) is 18.2 Å². The summed E-state index contributed by atoms with van der Waals surface area (Å²) in [6.07, 6.45) is 0.107. The summed E-state index contributed by atoms with van der Waals surface area (Å²) in [5.41, 5.74) is 1.56. The summed E-state index contributed by atoms with van der Waals surface area (Å²) in [4.78, 5) is 22.1. The highest BCUT2D eigenvalue weighted by Gasteiger charge is 2.24. The maximum Gasteiger partial charge on any atom is 0.353 e. The molecule has 1 aromatic heterocycles. The van der Waals surface area contributed by atoms with Crippen LogP contribution in [-0.2, 0) is 11.2 Å². The van der Waals surface area contributed by atoms with Crippen molar-refractivity contribution < 1.29 is 19.1 Å². The molecule has 0 saturated heterocycles. The van der Waals surface area contributed by atoms with E-state index in [4.69, 9.17) is 5.11 Å². The fraction of sp³-hybridized carbons (Fsp3) is 0.0833. The number of hydrogen-bond donors (Lipinski definition) is 3. The second-order valence-corrected chi connectivity index (χ2v) is 4.18. The van der Waals surface area contributed by atoms with Crippen LogP contribution in [0.1, 0.15) is 16.1 Å². The monoisotopic (exact) mass is 261 g/mol. The molecule has 0 aliphatic carbocycles. The molecule has 1 aliphatic heterocycles. The van der Waals surface area contributed by atoms with Gasteiger partial charge in [0.15, 0.2) is 0 Å². The Morgan fingerprint density at radius 3 is 2.84 bits per heavy atom. The molecule has 19 heavy (non-hydrogen) atoms. The minimum atomic E-state index is -1.16. The molecule has 1 amide bonds. The number of aromatic amines is 1. The molecule has 0 atom stereocenters. The van der Waals surface area contributed by atoms with E-state index >= 15 is 0 Å². The number of carbonyl (C=O) groups is 2. The number of nitrogens with zero attached hydrogens (tertiary/aromatic N) is 1. The lowest BCUT2D eigenvalue weighted by Gasteiger charge is -2.05. The molecule has 2 heterocycles. The van der Waals surface area contributed by atoms with Gasteiger partial charge in [-0.15, -0.1) is 0 Å². The van der Waals surface area contributed by atoms with Gasteiger partial charge in [-0.05, 0) is 23.8 Å². The molecule has 0 fully saturated rings. The molecule has 2 aromatic rings. The van der Waals surface area contributed by atoms with E-state index in [-0.39, 0.29) is 23.7 Å². The maximum absolute atomic E-state index is 13.5. The van der Waals surface area contributed by atoms with Gasteiger partial charge in [-0.1, -0.05) is 0 Å². The van der Waals surface area contributed by atoms with Gasteiger partial charge in [0.1, 0.15) is 11.5 Å². The van der Waals surface area contributed by atoms with Crippen molar-refractivity contribution in [2.24, 2.45) is 0 Å². The standard InChI is InChI=1S/C12H8FN3O3/c13-6-1-5-2-10(17)14-11(5)7(3-6)8-4-9(12(18)19)16-15-8/h1,3-4H,2H2,(H,14,17)(H,15,16)(H,18,19). The highest BCUT2D eigenvalue weighted by atomic mass is 19.1. The number of nitrogens with one attached hydrogen (secondary N) is 2. The van der Waals surface area contributed by atoms with Gasteiger partial charge in [-0.25, -0.2) is 9.18 Å². The van der Waals surface area contributed by atoms with Crippen LogP contribution in [0.2, 0.25) is 0 Å². The minimum absolute atomic E-state index is 0.0997. The first-order chi connectivity index (χ1) is 9.04. The summed E-state index contributed by atoms with van der Waals surface area (Å²) in [5, 5.41) is 17.6. The molecule has 0 saturated carbocycles. The zero-order valence-electron chi connectivity index (χ0n) is 9.53. The van der Waals surface area contributed by atoms with Crippen LogP contribution in [0.4, 0.5) is 10.1 Å². The van der Waals surface area contributed by atoms with Crippen LogP contribution < -0.4 is 5.32 Å². The molecule has 0 spiro atoms. The third kappa shape index (κ3) is 1.85. The number of carboxylic acids is 1. The third-order valence-electron chi connectivity index (χ3n) is 2.88. The van der Waals surface area contributed by atoms with Crippen LogP contribution in [0, 0.1) is 5.82 Å². The summed E-state index contributed by atoms with van der Waals surface area (Å²) in [5.74, 6) is -1.88. The van der Waals surface area contributed by atoms with Gasteiger partial charge in [0.2, 0.25) is 5.91 Å². The number of aromatic carboxylic acids is 1. The fourth-order valence-corrected chi connectivity index (χ4v) is 2.08. The van der Waals surface area contributed by atoms with Crippen molar-refractivity contribution in [3.63, 3.8) is 0 Å². The Bertz CT molecular complexity index is 708. The summed E-state index contributed by atoms with van der Waals surface area (Å²) in [6, 6.07) is 3.79. The number of carboxylic acid groups (broad SMARTS) is 1. The van der Waals surface area contributed by atoms with E-state index in [0.717, 1.165) is 0 Å². The van der Waals surface area contributed by atoms with Crippen LogP contribution in [-0.4, -0.2) is 27.2 Å². The van der Waals surface area contributed by atoms with E-state index in [2.05, 4.69) is 15.5 Å². The molecule has 6 nitrogen and oxygen atoms in total. The van der Waals surface area contributed by atoms with Crippen molar-refractivity contribution in [2.75, 3.05) is 5.32 Å². The molecule has 3 rings (SSSR count). The van der Waals surface area contributed by atoms with Crippen molar-refractivity contribution in [1.82, 2.24) is 10.2 Å². The predicted octanol–water partition coefficient (Wildman–Crippen LogP) is 1.41. The lowest BCUT2D eigenvalue weighted by atomic mass is 10.0. The molecule has 96 valence electrons. The Balaban J connectivity index is 2.15. The van der Waals surface area contributed by atoms with E-state index in [9.17, 15) is 14.0 Å². The van der Waals surface area contributed by atoms with Crippen LogP contribution in [0.5, 0.6) is 0 Å². The normalized spacial score (nSPS) is 13.2. The first kappa shape index (κ1) is 11.4. The Labute approximate surface area is 106 Å². The molecular weight excluding hydrogens is 253 g/mol. The second-order valence-electron chi connectivity index (χ2n) is 4.18. The highest BCUT2D eigenvalue weighted by molar-refractivity contribution is 6.03. The van der Waals surface area contributed by atoms with Crippen molar-refractivity contribution in [1.29, 1.82) is 0 Å². The summed E-state index contributed by atoms with van der Waals surface area (Å²) < 4.78 is 13.5. The van der Waals surface area contributed by atoms with Crippen LogP contribution in [0.25, 0.3) is 11.3 Å². The summed E-state index contributed by atoms with van der Waals surface area (Å²) in [7, 11) is 0. The van der Waals surface area contributed by atoms with Gasteiger partial charge in [-0.2, -0.15) is 5.10 Å². The fourth-order valence-electron chi connectivity index (χ4n) is 2.08. The Morgan fingerprint density at radius 1 is 1.37 bits per heavy atom. The zero-order valence-corrected chi connectivity index (χ0v) is 9.53. The van der Waals surface area contributed by atoms with Gasteiger partial charge in [-0.3, -0.25) is 9.89 Å². The molecular formula is C12H8FN3O3. The predicted molar refractivity (Wildman–Crippen MR) is 63.3 cm³/mol. The highest BCUT2D eigenvalue weighted by Crippen LogP contribution is 2.35. The number of benzene rings is 1. The number of H-pyrrole nitrogens is 1. The number of halogens is 1. The number of hydrogen-bond acceptors (Lipinski definition) is 3. The zero-order chi connectivity index (χ0) is 13.6. The third-order valence-corrected chi connectivity index (χ3v) is 2.88. The molecule has 1 aromatic carbocycles. The van der Waals surface area contributed by atoms with Crippen molar-refractivity contribution in [3.05, 3.63) is 35.3 Å². The average Bonchev–Trinajstić information content (AvgIpc) is 2.93. The number of aromatic nitrogens is 2. The smallest absolute Gasteiger partial charge is 0.353 e. The van der Waals surface area contributed by atoms with Gasteiger partial charge >= 0.3 is 5.97 Å². The summed E-state index contributed by atoms with van der Waals surface area (Å²) in [6.45, 7) is 0. The SMILES string of the molecule is O=C1Cc2cc(F)cc(-c3cc(C(=O)O)[nH]n3)c2N1. The molecule has 0 radical (unpaired) electrons. The van der Waals surface area contributed by atoms with Gasteiger partial charge in [0.25, 0.3) is 0 Å². The van der Waals surface area contributed by atoms with Gasteiger partial charge in [0, 0.05) is 5.56 Å². The number of anilines is 1. The van der Waals surface area contributed by atoms with E-state index in [1.807, 2.05) is 0 Å². The van der Waals surface area contributed by atoms with Crippen LogP contribution >= 0.6 is 0 Å². The first-order valence-corrected chi connectivity index (χ1v) is 5.46. The van der Waals surface area contributed by atoms with E-state index in [0.29, 0.717) is 16.8 Å². The van der Waals surface area contributed by atoms with Crippen LogP contribution in [0.15, 0.2) is 18.2 Å². The van der Waals surface area contributed by atoms with E-state index in [1.54, 1.807) is 0 Å². The summed E-state index contributed by atoms with van der Waals surface area (Å²) >= 11 is 0.